The number of nitrogens with zero attached hydrogens (tertiary/aromatic N) is 3. The lowest BCUT2D eigenvalue weighted by Crippen LogP contribution is -2.24. The molecule has 3 heterocycles. The first-order valence-electron chi connectivity index (χ1n) is 8.55. The minimum Gasteiger partial charge on any atom is -0.463 e. The van der Waals surface area contributed by atoms with Crippen molar-refractivity contribution in [1.82, 2.24) is 20.5 Å². The van der Waals surface area contributed by atoms with Crippen LogP contribution in [0, 0.1) is 0 Å². The van der Waals surface area contributed by atoms with Crippen LogP contribution in [0.5, 0.6) is 0 Å². The number of hydrogen-bond acceptors (Lipinski definition) is 7. The van der Waals surface area contributed by atoms with Crippen molar-refractivity contribution in [3.8, 4) is 22.9 Å². The van der Waals surface area contributed by atoms with Gasteiger partial charge >= 0.3 is 0 Å². The van der Waals surface area contributed by atoms with Gasteiger partial charge in [0.15, 0.2) is 17.2 Å². The number of carbonyl (C=O) groups is 1. The van der Waals surface area contributed by atoms with Crippen molar-refractivity contribution in [2.24, 2.45) is 0 Å². The maximum absolute atomic E-state index is 12.1. The van der Waals surface area contributed by atoms with Gasteiger partial charge in [-0.3, -0.25) is 4.79 Å². The number of hydrogen-bond donors (Lipinski definition) is 1. The lowest BCUT2D eigenvalue weighted by molar-refractivity contribution is -0.118. The van der Waals surface area contributed by atoms with Crippen molar-refractivity contribution in [2.75, 3.05) is 5.75 Å². The Bertz CT molecular complexity index is 1030. The van der Waals surface area contributed by atoms with Crippen LogP contribution in [0.4, 0.5) is 0 Å². The van der Waals surface area contributed by atoms with Crippen LogP contribution in [0.2, 0.25) is 0 Å². The van der Waals surface area contributed by atoms with E-state index >= 15 is 0 Å². The molecule has 0 unspecified atom stereocenters. The Morgan fingerprint density at radius 2 is 1.61 bits per heavy atom. The largest absolute Gasteiger partial charge is 0.463 e. The van der Waals surface area contributed by atoms with Crippen LogP contribution in [0.25, 0.3) is 22.9 Å². The van der Waals surface area contributed by atoms with E-state index in [0.717, 1.165) is 5.56 Å². The number of nitrogens with one attached hydrogen (secondary N) is 1. The summed E-state index contributed by atoms with van der Waals surface area (Å²) in [7, 11) is 0. The van der Waals surface area contributed by atoms with Gasteiger partial charge in [0, 0.05) is 6.54 Å². The topological polar surface area (TPSA) is 94.0 Å². The molecule has 28 heavy (non-hydrogen) atoms. The minimum atomic E-state index is -0.105. The summed E-state index contributed by atoms with van der Waals surface area (Å²) < 4.78 is 10.9. The summed E-state index contributed by atoms with van der Waals surface area (Å²) in [6, 6.07) is 16.8. The highest BCUT2D eigenvalue weighted by molar-refractivity contribution is 7.99. The van der Waals surface area contributed by atoms with Gasteiger partial charge < -0.3 is 14.2 Å². The molecule has 1 amide bonds. The zero-order valence-electron chi connectivity index (χ0n) is 14.7. The van der Waals surface area contributed by atoms with Crippen LogP contribution in [0.15, 0.2) is 81.1 Å². The number of amides is 1. The highest BCUT2D eigenvalue weighted by Gasteiger charge is 2.18. The quantitative estimate of drug-likeness (QED) is 0.478. The molecule has 1 aromatic carbocycles. The fourth-order valence-electron chi connectivity index (χ4n) is 2.51. The first-order valence-corrected chi connectivity index (χ1v) is 9.54. The van der Waals surface area contributed by atoms with Crippen LogP contribution < -0.4 is 5.32 Å². The number of benzene rings is 1. The Labute approximate surface area is 165 Å². The molecule has 4 rings (SSSR count). The smallest absolute Gasteiger partial charge is 0.230 e. The molecule has 0 saturated carbocycles. The highest BCUT2D eigenvalue weighted by atomic mass is 32.2. The lowest BCUT2D eigenvalue weighted by atomic mass is 10.2. The molecule has 0 aliphatic heterocycles. The summed E-state index contributed by atoms with van der Waals surface area (Å²) in [6.07, 6.45) is 3.12. The molecule has 0 saturated heterocycles. The van der Waals surface area contributed by atoms with Gasteiger partial charge in [-0.15, -0.1) is 10.2 Å². The third-order valence-corrected chi connectivity index (χ3v) is 4.68. The predicted octanol–water partition coefficient (Wildman–Crippen LogP) is 3.80. The molecule has 0 aliphatic rings. The molecule has 8 heteroatoms. The van der Waals surface area contributed by atoms with Crippen LogP contribution in [-0.2, 0) is 11.3 Å². The average Bonchev–Trinajstić information content (AvgIpc) is 3.45. The summed E-state index contributed by atoms with van der Waals surface area (Å²) in [6.45, 7) is 0.481. The molecule has 0 spiro atoms. The second-order valence-electron chi connectivity index (χ2n) is 5.80. The van der Waals surface area contributed by atoms with E-state index in [1.165, 1.54) is 11.8 Å². The number of carbonyl (C=O) groups excluding carboxylic acids is 1. The monoisotopic (exact) mass is 392 g/mol. The second kappa shape index (κ2) is 8.53. The molecule has 3 aromatic heterocycles. The van der Waals surface area contributed by atoms with Gasteiger partial charge in [-0.05, 0) is 29.8 Å². The Balaban J connectivity index is 1.45. The molecule has 7 nitrogen and oxygen atoms in total. The lowest BCUT2D eigenvalue weighted by Gasteiger charge is -2.06. The van der Waals surface area contributed by atoms with Crippen molar-refractivity contribution in [3.63, 3.8) is 0 Å². The maximum atomic E-state index is 12.1. The zero-order valence-corrected chi connectivity index (χ0v) is 15.6. The van der Waals surface area contributed by atoms with Crippen LogP contribution in [-0.4, -0.2) is 26.8 Å². The van der Waals surface area contributed by atoms with Gasteiger partial charge in [0.1, 0.15) is 5.69 Å². The van der Waals surface area contributed by atoms with Gasteiger partial charge in [-0.2, -0.15) is 0 Å². The molecule has 0 atom stereocenters. The molecule has 0 bridgehead atoms. The number of rotatable bonds is 7. The summed E-state index contributed by atoms with van der Waals surface area (Å²) in [5.41, 5.74) is 2.04. The third kappa shape index (κ3) is 4.29. The van der Waals surface area contributed by atoms with E-state index in [1.807, 2.05) is 30.3 Å². The Morgan fingerprint density at radius 1 is 0.893 bits per heavy atom. The molecule has 0 fully saturated rings. The predicted molar refractivity (Wildman–Crippen MR) is 104 cm³/mol. The highest BCUT2D eigenvalue weighted by Crippen LogP contribution is 2.30. The van der Waals surface area contributed by atoms with E-state index in [0.29, 0.717) is 34.6 Å². The number of aromatic nitrogens is 3. The van der Waals surface area contributed by atoms with Crippen molar-refractivity contribution in [1.29, 1.82) is 0 Å². The Morgan fingerprint density at radius 3 is 2.29 bits per heavy atom. The van der Waals surface area contributed by atoms with E-state index in [9.17, 15) is 4.79 Å². The zero-order chi connectivity index (χ0) is 19.2. The molecule has 0 aliphatic carbocycles. The first-order chi connectivity index (χ1) is 13.8. The Kier molecular flexibility index (Phi) is 5.48. The fourth-order valence-corrected chi connectivity index (χ4v) is 3.13. The molecular formula is C20H16N4O3S. The van der Waals surface area contributed by atoms with Gasteiger partial charge in [-0.25, -0.2) is 4.98 Å². The maximum Gasteiger partial charge on any atom is 0.230 e. The van der Waals surface area contributed by atoms with Crippen LogP contribution in [0.1, 0.15) is 5.56 Å². The van der Waals surface area contributed by atoms with Crippen molar-refractivity contribution < 1.29 is 13.6 Å². The van der Waals surface area contributed by atoms with Gasteiger partial charge in [0.05, 0.1) is 18.3 Å². The summed E-state index contributed by atoms with van der Waals surface area (Å²) >= 11 is 1.21. The van der Waals surface area contributed by atoms with E-state index in [2.05, 4.69) is 20.5 Å². The van der Waals surface area contributed by atoms with Crippen LogP contribution in [0.3, 0.4) is 0 Å². The van der Waals surface area contributed by atoms with Crippen molar-refractivity contribution in [3.05, 3.63) is 72.7 Å². The molecular weight excluding hydrogens is 376 g/mol. The van der Waals surface area contributed by atoms with E-state index in [-0.39, 0.29) is 11.7 Å². The summed E-state index contributed by atoms with van der Waals surface area (Å²) in [5.74, 6) is 1.18. The van der Waals surface area contributed by atoms with Gasteiger partial charge in [0.2, 0.25) is 11.1 Å². The molecule has 1 N–H and O–H groups in total. The number of thioether (sulfide) groups is 1. The normalized spacial score (nSPS) is 10.7. The van der Waals surface area contributed by atoms with E-state index < -0.39 is 0 Å². The van der Waals surface area contributed by atoms with Gasteiger partial charge in [-0.1, -0.05) is 42.1 Å². The molecule has 0 radical (unpaired) electrons. The first kappa shape index (κ1) is 18.0. The molecule has 140 valence electrons. The third-order valence-electron chi connectivity index (χ3n) is 3.84. The van der Waals surface area contributed by atoms with Crippen molar-refractivity contribution >= 4 is 17.7 Å². The van der Waals surface area contributed by atoms with Gasteiger partial charge in [0.25, 0.3) is 0 Å². The van der Waals surface area contributed by atoms with E-state index in [4.69, 9.17) is 8.83 Å². The number of furan rings is 2. The SMILES string of the molecule is O=C(CSc1nnc(-c2ccco2)c(-c2ccco2)n1)NCc1ccccc1. The average molecular weight is 392 g/mol. The minimum absolute atomic E-state index is 0.105. The molecule has 4 aromatic rings. The second-order valence-corrected chi connectivity index (χ2v) is 6.74. The standard InChI is InChI=1S/C20H16N4O3S/c25-17(21-12-14-6-2-1-3-7-14)13-28-20-22-18(15-8-4-10-26-15)19(23-24-20)16-9-5-11-27-16/h1-11H,12-13H2,(H,21,25). The summed E-state index contributed by atoms with van der Waals surface area (Å²) in [4.78, 5) is 16.6. The van der Waals surface area contributed by atoms with Crippen LogP contribution >= 0.6 is 11.8 Å². The van der Waals surface area contributed by atoms with Crippen molar-refractivity contribution in [2.45, 2.75) is 11.7 Å². The Hall–Kier alpha value is -3.39. The summed E-state index contributed by atoms with van der Waals surface area (Å²) in [5, 5.41) is 11.6. The fraction of sp³-hybridized carbons (Fsp3) is 0.100. The van der Waals surface area contributed by atoms with E-state index in [1.54, 1.807) is 36.8 Å².